The van der Waals surface area contributed by atoms with E-state index in [-0.39, 0.29) is 38.0 Å². The number of ether oxygens (including phenoxy) is 1. The van der Waals surface area contributed by atoms with Gasteiger partial charge in [0, 0.05) is 0 Å². The van der Waals surface area contributed by atoms with E-state index in [9.17, 15) is 10.2 Å². The Labute approximate surface area is 130 Å². The Morgan fingerprint density at radius 2 is 1.00 bits per heavy atom. The predicted molar refractivity (Wildman–Crippen MR) is 68.6 cm³/mol. The number of nitrogens with zero attached hydrogens (tertiary/aromatic N) is 2. The zero-order chi connectivity index (χ0) is 13.7. The maximum absolute atomic E-state index is 9.70. The van der Waals surface area contributed by atoms with Crippen molar-refractivity contribution in [1.82, 2.24) is 0 Å². The minimum atomic E-state index is -0.480. The molecule has 0 radical (unpaired) electrons. The number of hydrogen-bond donors (Lipinski definition) is 2. The fourth-order valence-corrected chi connectivity index (χ4v) is 1.71. The quantitative estimate of drug-likeness (QED) is 0.437. The van der Waals surface area contributed by atoms with Gasteiger partial charge in [-0.05, 0) is 0 Å². The van der Waals surface area contributed by atoms with Crippen molar-refractivity contribution < 1.29 is 48.7 Å². The maximum atomic E-state index is 9.70. The third-order valence-corrected chi connectivity index (χ3v) is 2.14. The highest BCUT2D eigenvalue weighted by atomic mass is 35.5. The number of likely N-dealkylation sites (N-methyl/N-ethyl adjacent to an activating group) is 2. The van der Waals surface area contributed by atoms with Crippen molar-refractivity contribution in [3.8, 4) is 0 Å². The molecule has 0 aromatic carbocycles. The molecule has 0 saturated carbocycles. The number of hydrogen-bond acceptors (Lipinski definition) is 3. The van der Waals surface area contributed by atoms with E-state index < -0.39 is 12.2 Å². The van der Waals surface area contributed by atoms with Crippen LogP contribution in [-0.4, -0.2) is 100.0 Å². The van der Waals surface area contributed by atoms with Crippen LogP contribution in [0.25, 0.3) is 0 Å². The first-order chi connectivity index (χ1) is 7.49. The largest absolute Gasteiger partial charge is 1.00 e. The summed E-state index contributed by atoms with van der Waals surface area (Å²) in [5, 5.41) is 19.4. The van der Waals surface area contributed by atoms with Gasteiger partial charge in [-0.2, -0.15) is 0 Å². The molecule has 0 heterocycles. The lowest BCUT2D eigenvalue weighted by atomic mass is 10.3. The lowest BCUT2D eigenvalue weighted by Crippen LogP contribution is -3.00. The molecule has 0 aromatic rings. The van der Waals surface area contributed by atoms with Crippen molar-refractivity contribution in [2.24, 2.45) is 0 Å². The Hall–Kier alpha value is 0.380. The summed E-state index contributed by atoms with van der Waals surface area (Å²) < 4.78 is 6.73. The monoisotopic (exact) mass is 320 g/mol. The summed E-state index contributed by atoms with van der Waals surface area (Å²) in [6, 6.07) is 0. The van der Waals surface area contributed by atoms with Crippen LogP contribution in [-0.2, 0) is 4.74 Å². The van der Waals surface area contributed by atoms with Crippen LogP contribution in [0, 0.1) is 0 Å². The molecule has 120 valence electrons. The van der Waals surface area contributed by atoms with Gasteiger partial charge in [0.05, 0.1) is 55.5 Å². The van der Waals surface area contributed by atoms with Gasteiger partial charge in [-0.3, -0.25) is 0 Å². The lowest BCUT2D eigenvalue weighted by molar-refractivity contribution is -0.874. The molecule has 0 rings (SSSR count). The summed E-state index contributed by atoms with van der Waals surface area (Å²) in [6.07, 6.45) is -0.961. The SMILES string of the molecule is C[N+](C)(C)CC(O)COCC(O)C[N+](C)(C)C.[Cl-].[Cl-]. The molecule has 2 unspecified atom stereocenters. The third-order valence-electron chi connectivity index (χ3n) is 2.14. The lowest BCUT2D eigenvalue weighted by Gasteiger charge is -2.28. The molecule has 0 aromatic heterocycles. The highest BCUT2D eigenvalue weighted by Crippen LogP contribution is 1.99. The zero-order valence-corrected chi connectivity index (χ0v) is 14.4. The first-order valence-electron chi connectivity index (χ1n) is 6.04. The fourth-order valence-electron chi connectivity index (χ4n) is 1.71. The van der Waals surface area contributed by atoms with Crippen molar-refractivity contribution in [3.63, 3.8) is 0 Å². The van der Waals surface area contributed by atoms with Crippen LogP contribution in [0.2, 0.25) is 0 Å². The molecular weight excluding hydrogens is 291 g/mol. The van der Waals surface area contributed by atoms with Gasteiger partial charge >= 0.3 is 0 Å². The minimum absolute atomic E-state index is 0. The number of aliphatic hydroxyl groups is 2. The van der Waals surface area contributed by atoms with E-state index in [0.29, 0.717) is 22.1 Å². The first kappa shape index (κ1) is 24.4. The molecule has 7 heteroatoms. The van der Waals surface area contributed by atoms with Gasteiger partial charge in [0.25, 0.3) is 0 Å². The molecule has 0 aliphatic rings. The van der Waals surface area contributed by atoms with E-state index in [0.717, 1.165) is 0 Å². The van der Waals surface area contributed by atoms with Crippen LogP contribution < -0.4 is 24.8 Å². The Morgan fingerprint density at radius 1 is 0.737 bits per heavy atom. The van der Waals surface area contributed by atoms with E-state index in [2.05, 4.69) is 0 Å². The Morgan fingerprint density at radius 3 is 1.21 bits per heavy atom. The average Bonchev–Trinajstić information content (AvgIpc) is 1.95. The molecule has 2 atom stereocenters. The number of aliphatic hydroxyl groups excluding tert-OH is 2. The molecule has 0 aliphatic carbocycles. The summed E-state index contributed by atoms with van der Waals surface area (Å²) >= 11 is 0. The predicted octanol–water partition coefficient (Wildman–Crippen LogP) is -6.85. The topological polar surface area (TPSA) is 49.7 Å². The Kier molecular flexibility index (Phi) is 13.0. The minimum Gasteiger partial charge on any atom is -1.00 e. The Bertz CT molecular complexity index is 196. The normalized spacial score (nSPS) is 15.2. The van der Waals surface area contributed by atoms with Crippen molar-refractivity contribution in [2.75, 3.05) is 68.6 Å². The van der Waals surface area contributed by atoms with E-state index in [1.807, 2.05) is 42.3 Å². The van der Waals surface area contributed by atoms with Gasteiger partial charge in [0.1, 0.15) is 25.3 Å². The maximum Gasteiger partial charge on any atom is 0.126 e. The molecule has 0 saturated heterocycles. The van der Waals surface area contributed by atoms with Crippen LogP contribution in [0.15, 0.2) is 0 Å². The summed E-state index contributed by atoms with van der Waals surface area (Å²) in [6.45, 7) is 1.85. The highest BCUT2D eigenvalue weighted by molar-refractivity contribution is 4.55. The van der Waals surface area contributed by atoms with E-state index in [1.165, 1.54) is 0 Å². The number of quaternary nitrogens is 2. The summed E-state index contributed by atoms with van der Waals surface area (Å²) in [5.41, 5.74) is 0. The summed E-state index contributed by atoms with van der Waals surface area (Å²) in [5.74, 6) is 0. The van der Waals surface area contributed by atoms with Crippen LogP contribution in [0.4, 0.5) is 0 Å². The molecule has 2 N–H and O–H groups in total. The molecule has 0 amide bonds. The summed E-state index contributed by atoms with van der Waals surface area (Å²) in [7, 11) is 12.1. The van der Waals surface area contributed by atoms with E-state index in [1.54, 1.807) is 0 Å². The smallest absolute Gasteiger partial charge is 0.126 e. The second kappa shape index (κ2) is 10.2. The molecule has 19 heavy (non-hydrogen) atoms. The fraction of sp³-hybridized carbons (Fsp3) is 1.00. The molecule has 0 bridgehead atoms. The van der Waals surface area contributed by atoms with Crippen LogP contribution in [0.1, 0.15) is 0 Å². The number of halogens is 2. The summed E-state index contributed by atoms with van der Waals surface area (Å²) in [4.78, 5) is 0. The van der Waals surface area contributed by atoms with Crippen molar-refractivity contribution in [2.45, 2.75) is 12.2 Å². The van der Waals surface area contributed by atoms with Gasteiger partial charge in [0.15, 0.2) is 0 Å². The van der Waals surface area contributed by atoms with Crippen LogP contribution in [0.3, 0.4) is 0 Å². The third kappa shape index (κ3) is 18.4. The molecule has 0 spiro atoms. The van der Waals surface area contributed by atoms with Gasteiger partial charge in [-0.15, -0.1) is 0 Å². The highest BCUT2D eigenvalue weighted by Gasteiger charge is 2.18. The molecule has 0 fully saturated rings. The van der Waals surface area contributed by atoms with Gasteiger partial charge < -0.3 is 48.7 Å². The zero-order valence-electron chi connectivity index (χ0n) is 12.9. The van der Waals surface area contributed by atoms with Crippen molar-refractivity contribution >= 4 is 0 Å². The van der Waals surface area contributed by atoms with Crippen molar-refractivity contribution in [3.05, 3.63) is 0 Å². The second-order valence-corrected chi connectivity index (χ2v) is 6.79. The van der Waals surface area contributed by atoms with Crippen molar-refractivity contribution in [1.29, 1.82) is 0 Å². The molecule has 0 aliphatic heterocycles. The molecule has 5 nitrogen and oxygen atoms in total. The van der Waals surface area contributed by atoms with E-state index >= 15 is 0 Å². The Balaban J connectivity index is -0.00000128. The van der Waals surface area contributed by atoms with Gasteiger partial charge in [-0.1, -0.05) is 0 Å². The molecular formula is C12H30Cl2N2O3. The average molecular weight is 321 g/mol. The van der Waals surface area contributed by atoms with Gasteiger partial charge in [0.2, 0.25) is 0 Å². The standard InChI is InChI=1S/C12H30N2O3.2ClH/c1-13(2,3)7-11(15)9-17-10-12(16)8-14(4,5)6;;/h11-12,15-16H,7-10H2,1-6H3;2*1H/q+2;;/p-2. The van der Waals surface area contributed by atoms with Gasteiger partial charge in [-0.25, -0.2) is 0 Å². The first-order valence-corrected chi connectivity index (χ1v) is 6.04. The second-order valence-electron chi connectivity index (χ2n) is 6.79. The van der Waals surface area contributed by atoms with Crippen LogP contribution in [0.5, 0.6) is 0 Å². The number of rotatable bonds is 8. The van der Waals surface area contributed by atoms with E-state index in [4.69, 9.17) is 4.74 Å². The van der Waals surface area contributed by atoms with Crippen LogP contribution >= 0.6 is 0 Å².